The van der Waals surface area contributed by atoms with Crippen molar-refractivity contribution < 1.29 is 0 Å². The molecule has 0 aromatic heterocycles. The Morgan fingerprint density at radius 1 is 1.44 bits per heavy atom. The van der Waals surface area contributed by atoms with Crippen molar-refractivity contribution in [3.63, 3.8) is 0 Å². The number of rotatable bonds is 2. The van der Waals surface area contributed by atoms with Gasteiger partial charge in [-0.25, -0.2) is 0 Å². The molecule has 0 N–H and O–H groups in total. The average molecular weight is 122 g/mol. The predicted octanol–water partition coefficient (Wildman–Crippen LogP) is 2.61. The summed E-state index contributed by atoms with van der Waals surface area (Å²) in [6.07, 6.45) is 1.38. The van der Waals surface area contributed by atoms with Gasteiger partial charge >= 0.3 is 0 Å². The molecule has 0 nitrogen and oxygen atoms in total. The summed E-state index contributed by atoms with van der Waals surface area (Å²) in [5.74, 6) is 2.90. The molecular weight excluding hydrogens is 108 g/mol. The molecule has 0 heterocycles. The largest absolute Gasteiger partial charge is 0.0625 e. The SMILES string of the molecule is CC(C)CC1=C2C(C)C12. The van der Waals surface area contributed by atoms with Crippen LogP contribution in [-0.2, 0) is 0 Å². The molecule has 0 bridgehead atoms. The fourth-order valence-electron chi connectivity index (χ4n) is 1.88. The molecule has 0 spiro atoms. The summed E-state index contributed by atoms with van der Waals surface area (Å²) in [6, 6.07) is 0. The van der Waals surface area contributed by atoms with E-state index in [0.717, 1.165) is 17.8 Å². The van der Waals surface area contributed by atoms with Crippen molar-refractivity contribution in [3.8, 4) is 0 Å². The number of fused-ring (bicyclic) bond motifs is 1. The summed E-state index contributed by atoms with van der Waals surface area (Å²) in [6.45, 7) is 6.94. The first kappa shape index (κ1) is 5.52. The van der Waals surface area contributed by atoms with E-state index < -0.39 is 0 Å². The Bertz CT molecular complexity index is 174. The lowest BCUT2D eigenvalue weighted by molar-refractivity contribution is 0.621. The van der Waals surface area contributed by atoms with Crippen LogP contribution in [0.1, 0.15) is 27.2 Å². The normalized spacial score (nSPS) is 37.3. The van der Waals surface area contributed by atoms with Crippen molar-refractivity contribution in [2.24, 2.45) is 17.8 Å². The summed E-state index contributed by atoms with van der Waals surface area (Å²) < 4.78 is 0. The van der Waals surface area contributed by atoms with Gasteiger partial charge in [-0.2, -0.15) is 0 Å². The first-order valence-electron chi connectivity index (χ1n) is 3.94. The Labute approximate surface area is 57.0 Å². The zero-order chi connectivity index (χ0) is 6.59. The van der Waals surface area contributed by atoms with Gasteiger partial charge in [-0.05, 0) is 18.3 Å². The lowest BCUT2D eigenvalue weighted by Gasteiger charge is -2.02. The van der Waals surface area contributed by atoms with E-state index >= 15 is 0 Å². The second kappa shape index (κ2) is 1.42. The summed E-state index contributed by atoms with van der Waals surface area (Å²) in [7, 11) is 0. The fourth-order valence-corrected chi connectivity index (χ4v) is 1.88. The van der Waals surface area contributed by atoms with E-state index in [0.29, 0.717) is 0 Å². The summed E-state index contributed by atoms with van der Waals surface area (Å²) in [4.78, 5) is 0. The highest BCUT2D eigenvalue weighted by molar-refractivity contribution is 5.58. The van der Waals surface area contributed by atoms with Crippen LogP contribution in [0.25, 0.3) is 0 Å². The molecule has 0 aromatic rings. The van der Waals surface area contributed by atoms with Crippen LogP contribution in [0.15, 0.2) is 11.1 Å². The minimum Gasteiger partial charge on any atom is -0.0625 e. The third kappa shape index (κ3) is 0.654. The van der Waals surface area contributed by atoms with Crippen molar-refractivity contribution >= 4 is 0 Å². The van der Waals surface area contributed by atoms with E-state index in [2.05, 4.69) is 20.8 Å². The topological polar surface area (TPSA) is 0 Å². The van der Waals surface area contributed by atoms with Gasteiger partial charge in [-0.3, -0.25) is 0 Å². The fraction of sp³-hybridized carbons (Fsp3) is 0.778. The van der Waals surface area contributed by atoms with Gasteiger partial charge < -0.3 is 0 Å². The minimum atomic E-state index is 0.882. The molecule has 2 aliphatic carbocycles. The van der Waals surface area contributed by atoms with Gasteiger partial charge in [0.25, 0.3) is 0 Å². The van der Waals surface area contributed by atoms with Crippen molar-refractivity contribution in [3.05, 3.63) is 11.1 Å². The monoisotopic (exact) mass is 122 g/mol. The Hall–Kier alpha value is -0.260. The second-order valence-corrected chi connectivity index (χ2v) is 3.84. The molecule has 2 rings (SSSR count). The maximum atomic E-state index is 2.34. The van der Waals surface area contributed by atoms with Crippen LogP contribution >= 0.6 is 0 Å². The highest BCUT2D eigenvalue weighted by Gasteiger charge is 2.57. The van der Waals surface area contributed by atoms with Gasteiger partial charge in [0.2, 0.25) is 0 Å². The maximum absolute atomic E-state index is 2.34. The maximum Gasteiger partial charge on any atom is 0.00791 e. The van der Waals surface area contributed by atoms with Crippen LogP contribution in [-0.4, -0.2) is 0 Å². The Morgan fingerprint density at radius 2 is 2.00 bits per heavy atom. The molecule has 0 amide bonds. The second-order valence-electron chi connectivity index (χ2n) is 3.84. The molecule has 0 heteroatoms. The summed E-state index contributed by atoms with van der Waals surface area (Å²) in [5.41, 5.74) is 3.61. The van der Waals surface area contributed by atoms with E-state index in [1.165, 1.54) is 6.42 Å². The Balaban J connectivity index is 1.87. The summed E-state index contributed by atoms with van der Waals surface area (Å²) >= 11 is 0. The lowest BCUT2D eigenvalue weighted by Crippen LogP contribution is -1.90. The Kier molecular flexibility index (Phi) is 0.870. The number of hydrogen-bond donors (Lipinski definition) is 0. The van der Waals surface area contributed by atoms with Crippen LogP contribution in [0, 0.1) is 17.8 Å². The Morgan fingerprint density at radius 3 is 2.33 bits per heavy atom. The van der Waals surface area contributed by atoms with Crippen LogP contribution < -0.4 is 0 Å². The molecule has 9 heavy (non-hydrogen) atoms. The van der Waals surface area contributed by atoms with E-state index in [9.17, 15) is 0 Å². The van der Waals surface area contributed by atoms with E-state index in [1.54, 1.807) is 5.57 Å². The van der Waals surface area contributed by atoms with E-state index in [1.807, 2.05) is 5.57 Å². The third-order valence-electron chi connectivity index (χ3n) is 2.51. The van der Waals surface area contributed by atoms with Crippen molar-refractivity contribution in [2.75, 3.05) is 0 Å². The van der Waals surface area contributed by atoms with E-state index in [-0.39, 0.29) is 0 Å². The zero-order valence-corrected chi connectivity index (χ0v) is 6.44. The van der Waals surface area contributed by atoms with Gasteiger partial charge in [0.1, 0.15) is 0 Å². The standard InChI is InChI=1S/C9H14/c1-5(2)4-7-8-6(3)9(7)8/h5-6,8H,4H2,1-3H3. The quantitative estimate of drug-likeness (QED) is 0.494. The molecule has 1 saturated carbocycles. The number of allylic oxidation sites excluding steroid dienone is 2. The molecular formula is C9H14. The third-order valence-corrected chi connectivity index (χ3v) is 2.51. The van der Waals surface area contributed by atoms with Gasteiger partial charge in [0.05, 0.1) is 0 Å². The average Bonchev–Trinajstić information content (AvgIpc) is 2.55. The van der Waals surface area contributed by atoms with Crippen molar-refractivity contribution in [1.82, 2.24) is 0 Å². The highest BCUT2D eigenvalue weighted by Crippen LogP contribution is 2.68. The molecule has 50 valence electrons. The van der Waals surface area contributed by atoms with Gasteiger partial charge in [-0.1, -0.05) is 31.9 Å². The molecule has 0 aromatic carbocycles. The first-order valence-corrected chi connectivity index (χ1v) is 3.94. The van der Waals surface area contributed by atoms with Crippen molar-refractivity contribution in [1.29, 1.82) is 0 Å². The van der Waals surface area contributed by atoms with Gasteiger partial charge in [0, 0.05) is 5.92 Å². The molecule has 2 aliphatic rings. The number of hydrogen-bond acceptors (Lipinski definition) is 0. The van der Waals surface area contributed by atoms with Gasteiger partial charge in [0.15, 0.2) is 0 Å². The minimum absolute atomic E-state index is 0.882. The van der Waals surface area contributed by atoms with Crippen LogP contribution in [0.2, 0.25) is 0 Å². The molecule has 0 saturated heterocycles. The van der Waals surface area contributed by atoms with Crippen LogP contribution in [0.4, 0.5) is 0 Å². The van der Waals surface area contributed by atoms with Crippen molar-refractivity contribution in [2.45, 2.75) is 27.2 Å². The zero-order valence-electron chi connectivity index (χ0n) is 6.44. The highest BCUT2D eigenvalue weighted by atomic mass is 14.6. The molecule has 1 fully saturated rings. The molecule has 0 aliphatic heterocycles. The summed E-state index contributed by atoms with van der Waals surface area (Å²) in [5, 5.41) is 0. The first-order chi connectivity index (χ1) is 4.22. The smallest absolute Gasteiger partial charge is 0.00791 e. The lowest BCUT2D eigenvalue weighted by atomic mass is 10.0. The molecule has 2 atom stereocenters. The van der Waals surface area contributed by atoms with Crippen LogP contribution in [0.5, 0.6) is 0 Å². The van der Waals surface area contributed by atoms with Gasteiger partial charge in [-0.15, -0.1) is 0 Å². The predicted molar refractivity (Wildman–Crippen MR) is 39.1 cm³/mol. The van der Waals surface area contributed by atoms with Crippen LogP contribution in [0.3, 0.4) is 0 Å². The van der Waals surface area contributed by atoms with E-state index in [4.69, 9.17) is 0 Å². The molecule has 2 unspecified atom stereocenters. The molecule has 0 radical (unpaired) electrons.